The average Bonchev–Trinajstić information content (AvgIpc) is 3.11. The SMILES string of the molecule is NC1CCN(c2ccc(-n3ccnc3CN3CCC3)cc2F)C1=O. The van der Waals surface area contributed by atoms with Crippen molar-refractivity contribution in [3.05, 3.63) is 42.2 Å². The van der Waals surface area contributed by atoms with Gasteiger partial charge in [-0.3, -0.25) is 9.69 Å². The van der Waals surface area contributed by atoms with Gasteiger partial charge in [0, 0.05) is 30.7 Å². The number of benzene rings is 1. The molecule has 2 aliphatic heterocycles. The van der Waals surface area contributed by atoms with Gasteiger partial charge in [0.05, 0.1) is 18.3 Å². The van der Waals surface area contributed by atoms with Crippen LogP contribution in [-0.2, 0) is 11.3 Å². The molecule has 0 radical (unpaired) electrons. The quantitative estimate of drug-likeness (QED) is 0.918. The molecule has 4 rings (SSSR count). The molecule has 126 valence electrons. The highest BCUT2D eigenvalue weighted by atomic mass is 19.1. The fraction of sp³-hybridized carbons (Fsp3) is 0.412. The number of anilines is 1. The summed E-state index contributed by atoms with van der Waals surface area (Å²) in [6.45, 7) is 3.38. The lowest BCUT2D eigenvalue weighted by atomic mass is 10.2. The van der Waals surface area contributed by atoms with Crippen molar-refractivity contribution in [2.24, 2.45) is 5.73 Å². The molecule has 0 bridgehead atoms. The minimum atomic E-state index is -0.527. The van der Waals surface area contributed by atoms with Crippen LogP contribution in [0.5, 0.6) is 0 Å². The lowest BCUT2D eigenvalue weighted by molar-refractivity contribution is -0.118. The molecule has 0 spiro atoms. The molecule has 2 aliphatic rings. The van der Waals surface area contributed by atoms with Crippen molar-refractivity contribution >= 4 is 11.6 Å². The van der Waals surface area contributed by atoms with Crippen molar-refractivity contribution < 1.29 is 9.18 Å². The Labute approximate surface area is 139 Å². The molecule has 2 aromatic rings. The number of nitrogens with zero attached hydrogens (tertiary/aromatic N) is 4. The van der Waals surface area contributed by atoms with Crippen LogP contribution in [-0.4, -0.2) is 46.0 Å². The first kappa shape index (κ1) is 15.3. The summed E-state index contributed by atoms with van der Waals surface area (Å²) in [7, 11) is 0. The van der Waals surface area contributed by atoms with Crippen LogP contribution < -0.4 is 10.6 Å². The predicted molar refractivity (Wildman–Crippen MR) is 88.4 cm³/mol. The van der Waals surface area contributed by atoms with Crippen LogP contribution in [0.2, 0.25) is 0 Å². The summed E-state index contributed by atoms with van der Waals surface area (Å²) in [6.07, 6.45) is 5.34. The van der Waals surface area contributed by atoms with Crippen molar-refractivity contribution in [1.82, 2.24) is 14.5 Å². The summed E-state index contributed by atoms with van der Waals surface area (Å²) < 4.78 is 16.5. The molecular formula is C17H20FN5O. The normalized spacial score (nSPS) is 21.3. The molecule has 7 heteroatoms. The Balaban J connectivity index is 1.60. The second kappa shape index (κ2) is 5.99. The summed E-state index contributed by atoms with van der Waals surface area (Å²) in [6, 6.07) is 4.39. The summed E-state index contributed by atoms with van der Waals surface area (Å²) in [5, 5.41) is 0. The summed E-state index contributed by atoms with van der Waals surface area (Å²) in [5.41, 5.74) is 6.72. The van der Waals surface area contributed by atoms with E-state index in [1.165, 1.54) is 17.4 Å². The molecule has 1 amide bonds. The van der Waals surface area contributed by atoms with Gasteiger partial charge in [-0.25, -0.2) is 9.37 Å². The van der Waals surface area contributed by atoms with E-state index in [-0.39, 0.29) is 5.91 Å². The van der Waals surface area contributed by atoms with E-state index < -0.39 is 11.9 Å². The molecule has 2 saturated heterocycles. The topological polar surface area (TPSA) is 67.4 Å². The number of likely N-dealkylation sites (tertiary alicyclic amines) is 1. The molecule has 1 unspecified atom stereocenters. The number of rotatable bonds is 4. The second-order valence-corrected chi connectivity index (χ2v) is 6.36. The van der Waals surface area contributed by atoms with E-state index >= 15 is 0 Å². The third-order valence-corrected chi connectivity index (χ3v) is 4.78. The lowest BCUT2D eigenvalue weighted by Gasteiger charge is -2.30. The molecule has 0 aliphatic carbocycles. The van der Waals surface area contributed by atoms with E-state index in [1.54, 1.807) is 12.3 Å². The van der Waals surface area contributed by atoms with Gasteiger partial charge in [0.15, 0.2) is 0 Å². The fourth-order valence-corrected chi connectivity index (χ4v) is 3.23. The van der Waals surface area contributed by atoms with Gasteiger partial charge in [0.1, 0.15) is 11.6 Å². The Bertz CT molecular complexity index is 770. The van der Waals surface area contributed by atoms with Crippen molar-refractivity contribution in [2.45, 2.75) is 25.4 Å². The lowest BCUT2D eigenvalue weighted by Crippen LogP contribution is -2.37. The van der Waals surface area contributed by atoms with Gasteiger partial charge in [0.25, 0.3) is 0 Å². The Morgan fingerprint density at radius 1 is 1.29 bits per heavy atom. The number of imidazole rings is 1. The van der Waals surface area contributed by atoms with Crippen molar-refractivity contribution in [1.29, 1.82) is 0 Å². The van der Waals surface area contributed by atoms with Crippen molar-refractivity contribution in [3.63, 3.8) is 0 Å². The van der Waals surface area contributed by atoms with Crippen LogP contribution in [0.3, 0.4) is 0 Å². The molecule has 2 N–H and O–H groups in total. The first-order chi connectivity index (χ1) is 11.6. The molecule has 0 saturated carbocycles. The summed E-state index contributed by atoms with van der Waals surface area (Å²) >= 11 is 0. The van der Waals surface area contributed by atoms with Crippen molar-refractivity contribution in [2.75, 3.05) is 24.5 Å². The number of hydrogen-bond acceptors (Lipinski definition) is 4. The molecule has 1 aromatic carbocycles. The predicted octanol–water partition coefficient (Wildman–Crippen LogP) is 1.28. The zero-order chi connectivity index (χ0) is 16.7. The van der Waals surface area contributed by atoms with Gasteiger partial charge >= 0.3 is 0 Å². The summed E-state index contributed by atoms with van der Waals surface area (Å²) in [5.74, 6) is 0.252. The number of carbonyl (C=O) groups excluding carboxylic acids is 1. The zero-order valence-electron chi connectivity index (χ0n) is 13.4. The van der Waals surface area contributed by atoms with E-state index in [1.807, 2.05) is 16.8 Å². The van der Waals surface area contributed by atoms with Crippen molar-refractivity contribution in [3.8, 4) is 5.69 Å². The summed E-state index contributed by atoms with van der Waals surface area (Å²) in [4.78, 5) is 20.1. The van der Waals surface area contributed by atoms with E-state index in [0.717, 1.165) is 25.5 Å². The van der Waals surface area contributed by atoms with Gasteiger partial charge < -0.3 is 15.2 Å². The second-order valence-electron chi connectivity index (χ2n) is 6.36. The molecule has 2 fully saturated rings. The Morgan fingerprint density at radius 3 is 2.75 bits per heavy atom. The van der Waals surface area contributed by atoms with Gasteiger partial charge in [-0.1, -0.05) is 0 Å². The number of amides is 1. The maximum Gasteiger partial charge on any atom is 0.244 e. The minimum Gasteiger partial charge on any atom is -0.320 e. The zero-order valence-corrected chi connectivity index (χ0v) is 13.4. The highest BCUT2D eigenvalue weighted by molar-refractivity contribution is 5.99. The third-order valence-electron chi connectivity index (χ3n) is 4.78. The van der Waals surface area contributed by atoms with Crippen LogP contribution in [0, 0.1) is 5.82 Å². The minimum absolute atomic E-state index is 0.220. The highest BCUT2D eigenvalue weighted by Crippen LogP contribution is 2.27. The van der Waals surface area contributed by atoms with E-state index in [0.29, 0.717) is 24.3 Å². The Kier molecular flexibility index (Phi) is 3.82. The van der Waals surface area contributed by atoms with E-state index in [2.05, 4.69) is 9.88 Å². The largest absolute Gasteiger partial charge is 0.320 e. The van der Waals surface area contributed by atoms with Crippen LogP contribution in [0.15, 0.2) is 30.6 Å². The standard InChI is InChI=1S/C17H20FN5O/c18-13-10-12(2-3-15(13)23-8-4-14(19)17(23)24)22-9-5-20-16(22)11-21-6-1-7-21/h2-3,5,9-10,14H,1,4,6-8,11,19H2. The monoisotopic (exact) mass is 329 g/mol. The number of halogens is 1. The van der Waals surface area contributed by atoms with Crippen LogP contribution in [0.4, 0.5) is 10.1 Å². The van der Waals surface area contributed by atoms with Gasteiger partial charge in [-0.15, -0.1) is 0 Å². The van der Waals surface area contributed by atoms with Crippen LogP contribution in [0.1, 0.15) is 18.7 Å². The number of nitrogens with two attached hydrogens (primary N) is 1. The maximum atomic E-state index is 14.6. The number of hydrogen-bond donors (Lipinski definition) is 1. The van der Waals surface area contributed by atoms with Crippen LogP contribution in [0.25, 0.3) is 5.69 Å². The number of carbonyl (C=O) groups is 1. The molecule has 1 atom stereocenters. The molecular weight excluding hydrogens is 309 g/mol. The molecule has 24 heavy (non-hydrogen) atoms. The van der Waals surface area contributed by atoms with E-state index in [4.69, 9.17) is 5.73 Å². The van der Waals surface area contributed by atoms with Gasteiger partial charge in [0.2, 0.25) is 5.91 Å². The third kappa shape index (κ3) is 2.59. The average molecular weight is 329 g/mol. The molecule has 3 heterocycles. The smallest absolute Gasteiger partial charge is 0.244 e. The maximum absolute atomic E-state index is 14.6. The highest BCUT2D eigenvalue weighted by Gasteiger charge is 2.31. The number of aromatic nitrogens is 2. The molecule has 6 nitrogen and oxygen atoms in total. The van der Waals surface area contributed by atoms with Gasteiger partial charge in [-0.2, -0.15) is 0 Å². The van der Waals surface area contributed by atoms with E-state index in [9.17, 15) is 9.18 Å². The molecule has 1 aromatic heterocycles. The fourth-order valence-electron chi connectivity index (χ4n) is 3.23. The Hall–Kier alpha value is -2.25. The van der Waals surface area contributed by atoms with Gasteiger partial charge in [-0.05, 0) is 38.1 Å². The van der Waals surface area contributed by atoms with Crippen LogP contribution >= 0.6 is 0 Å². The Morgan fingerprint density at radius 2 is 2.12 bits per heavy atom. The first-order valence-corrected chi connectivity index (χ1v) is 8.25. The first-order valence-electron chi connectivity index (χ1n) is 8.25.